The molecule has 0 aliphatic rings. The molecule has 1 unspecified atom stereocenters. The smallest absolute Gasteiger partial charge is 0.326 e. The Balaban J connectivity index is 2.77. The van der Waals surface area contributed by atoms with Gasteiger partial charge in [0.2, 0.25) is 0 Å². The molecule has 0 aliphatic carbocycles. The minimum Gasteiger partial charge on any atom is -0.480 e. The van der Waals surface area contributed by atoms with Crippen molar-refractivity contribution >= 4 is 11.9 Å². The van der Waals surface area contributed by atoms with Crippen LogP contribution in [0.2, 0.25) is 0 Å². The number of hydrogen-bond donors (Lipinski definition) is 2. The number of aromatic nitrogens is 3. The number of amides is 1. The standard InChI is InChI=1S/C9H15N5O3/c1-6(9(16)17)13(2)8(15)7-5-14(4-3-10)12-11-7/h5-6H,3-4,10H2,1-2H3,(H,16,17). The highest BCUT2D eigenvalue weighted by Crippen LogP contribution is 2.03. The predicted molar refractivity (Wildman–Crippen MR) is 58.3 cm³/mol. The van der Waals surface area contributed by atoms with E-state index in [-0.39, 0.29) is 5.69 Å². The molecule has 1 aromatic rings. The van der Waals surface area contributed by atoms with Gasteiger partial charge in [0.1, 0.15) is 6.04 Å². The van der Waals surface area contributed by atoms with Gasteiger partial charge in [-0.15, -0.1) is 5.10 Å². The molecule has 94 valence electrons. The zero-order valence-electron chi connectivity index (χ0n) is 9.70. The maximum absolute atomic E-state index is 11.8. The van der Waals surface area contributed by atoms with Crippen molar-refractivity contribution in [2.45, 2.75) is 19.5 Å². The van der Waals surface area contributed by atoms with Crippen LogP contribution in [0.1, 0.15) is 17.4 Å². The van der Waals surface area contributed by atoms with Crippen molar-refractivity contribution in [1.29, 1.82) is 0 Å². The number of carboxylic acid groups (broad SMARTS) is 1. The number of nitrogens with two attached hydrogens (primary N) is 1. The largest absolute Gasteiger partial charge is 0.480 e. The Hall–Kier alpha value is -1.96. The SMILES string of the molecule is CC(C(=O)O)N(C)C(=O)c1cn(CCN)nn1. The number of aliphatic carboxylic acids is 1. The van der Waals surface area contributed by atoms with Crippen LogP contribution < -0.4 is 5.73 Å². The Labute approximate surface area is 98.0 Å². The highest BCUT2D eigenvalue weighted by molar-refractivity contribution is 5.94. The lowest BCUT2D eigenvalue weighted by Gasteiger charge is -2.19. The van der Waals surface area contributed by atoms with Gasteiger partial charge >= 0.3 is 5.97 Å². The first-order chi connectivity index (χ1) is 7.97. The molecule has 3 N–H and O–H groups in total. The van der Waals surface area contributed by atoms with Gasteiger partial charge < -0.3 is 15.7 Å². The van der Waals surface area contributed by atoms with Gasteiger partial charge in [0, 0.05) is 13.6 Å². The number of nitrogens with zero attached hydrogens (tertiary/aromatic N) is 4. The molecule has 1 atom stereocenters. The molecule has 0 aromatic carbocycles. The van der Waals surface area contributed by atoms with E-state index in [1.807, 2.05) is 0 Å². The fourth-order valence-electron chi connectivity index (χ4n) is 1.16. The van der Waals surface area contributed by atoms with Crippen molar-refractivity contribution in [3.05, 3.63) is 11.9 Å². The highest BCUT2D eigenvalue weighted by atomic mass is 16.4. The van der Waals surface area contributed by atoms with Crippen LogP contribution in [0.4, 0.5) is 0 Å². The normalized spacial score (nSPS) is 12.2. The maximum Gasteiger partial charge on any atom is 0.326 e. The third-order valence-corrected chi connectivity index (χ3v) is 2.37. The molecule has 1 amide bonds. The van der Waals surface area contributed by atoms with E-state index in [0.717, 1.165) is 4.90 Å². The Morgan fingerprint density at radius 2 is 2.29 bits per heavy atom. The second kappa shape index (κ2) is 5.39. The number of likely N-dealkylation sites (N-methyl/N-ethyl adjacent to an activating group) is 1. The number of carbonyl (C=O) groups excluding carboxylic acids is 1. The minimum atomic E-state index is -1.07. The van der Waals surface area contributed by atoms with E-state index in [0.29, 0.717) is 13.1 Å². The maximum atomic E-state index is 11.8. The first-order valence-electron chi connectivity index (χ1n) is 5.07. The molecular weight excluding hydrogens is 226 g/mol. The lowest BCUT2D eigenvalue weighted by atomic mass is 10.3. The first kappa shape index (κ1) is 13.1. The molecule has 0 aliphatic heterocycles. The van der Waals surface area contributed by atoms with E-state index in [9.17, 15) is 9.59 Å². The summed E-state index contributed by atoms with van der Waals surface area (Å²) in [5.74, 6) is -1.56. The summed E-state index contributed by atoms with van der Waals surface area (Å²) in [6.45, 7) is 2.27. The Morgan fingerprint density at radius 3 is 2.82 bits per heavy atom. The average Bonchev–Trinajstić information content (AvgIpc) is 2.75. The van der Waals surface area contributed by atoms with Gasteiger partial charge in [-0.3, -0.25) is 9.48 Å². The van der Waals surface area contributed by atoms with Gasteiger partial charge in [0.15, 0.2) is 5.69 Å². The average molecular weight is 241 g/mol. The second-order valence-corrected chi connectivity index (χ2v) is 3.59. The zero-order chi connectivity index (χ0) is 13.0. The van der Waals surface area contributed by atoms with Crippen LogP contribution >= 0.6 is 0 Å². The Morgan fingerprint density at radius 1 is 1.65 bits per heavy atom. The molecular formula is C9H15N5O3. The Bertz CT molecular complexity index is 417. The summed E-state index contributed by atoms with van der Waals surface area (Å²) >= 11 is 0. The van der Waals surface area contributed by atoms with Crippen LogP contribution in [0.15, 0.2) is 6.20 Å². The predicted octanol–water partition coefficient (Wildman–Crippen LogP) is -1.22. The molecule has 8 heteroatoms. The van der Waals surface area contributed by atoms with Crippen molar-refractivity contribution in [1.82, 2.24) is 19.9 Å². The molecule has 1 aromatic heterocycles. The van der Waals surface area contributed by atoms with Gasteiger partial charge in [-0.25, -0.2) is 4.79 Å². The van der Waals surface area contributed by atoms with E-state index >= 15 is 0 Å². The summed E-state index contributed by atoms with van der Waals surface area (Å²) in [5, 5.41) is 16.2. The first-order valence-corrected chi connectivity index (χ1v) is 5.07. The van der Waals surface area contributed by atoms with E-state index in [1.165, 1.54) is 24.9 Å². The van der Waals surface area contributed by atoms with Crippen LogP contribution in [-0.4, -0.2) is 56.5 Å². The number of carbonyl (C=O) groups is 2. The van der Waals surface area contributed by atoms with Gasteiger partial charge in [0.05, 0.1) is 12.7 Å². The molecule has 0 radical (unpaired) electrons. The van der Waals surface area contributed by atoms with Crippen molar-refractivity contribution < 1.29 is 14.7 Å². The summed E-state index contributed by atoms with van der Waals surface area (Å²) < 4.78 is 1.44. The van der Waals surface area contributed by atoms with Crippen LogP contribution in [0.3, 0.4) is 0 Å². The highest BCUT2D eigenvalue weighted by Gasteiger charge is 2.24. The zero-order valence-corrected chi connectivity index (χ0v) is 9.70. The molecule has 0 bridgehead atoms. The van der Waals surface area contributed by atoms with Crippen molar-refractivity contribution in [2.75, 3.05) is 13.6 Å². The van der Waals surface area contributed by atoms with Crippen LogP contribution in [0.5, 0.6) is 0 Å². The van der Waals surface area contributed by atoms with E-state index in [2.05, 4.69) is 10.3 Å². The van der Waals surface area contributed by atoms with Crippen molar-refractivity contribution in [3.8, 4) is 0 Å². The summed E-state index contributed by atoms with van der Waals surface area (Å²) in [5.41, 5.74) is 5.44. The molecule has 17 heavy (non-hydrogen) atoms. The van der Waals surface area contributed by atoms with Crippen molar-refractivity contribution in [2.24, 2.45) is 5.73 Å². The van der Waals surface area contributed by atoms with Gasteiger partial charge in [-0.1, -0.05) is 5.21 Å². The third-order valence-electron chi connectivity index (χ3n) is 2.37. The summed E-state index contributed by atoms with van der Waals surface area (Å²) in [6, 6.07) is -0.915. The summed E-state index contributed by atoms with van der Waals surface area (Å²) in [7, 11) is 1.41. The molecule has 0 spiro atoms. The van der Waals surface area contributed by atoms with E-state index in [1.54, 1.807) is 0 Å². The van der Waals surface area contributed by atoms with E-state index < -0.39 is 17.9 Å². The number of rotatable bonds is 5. The fraction of sp³-hybridized carbons (Fsp3) is 0.556. The monoisotopic (exact) mass is 241 g/mol. The number of hydrogen-bond acceptors (Lipinski definition) is 5. The van der Waals surface area contributed by atoms with Gasteiger partial charge in [0.25, 0.3) is 5.91 Å². The summed E-state index contributed by atoms with van der Waals surface area (Å²) in [6.07, 6.45) is 1.44. The van der Waals surface area contributed by atoms with Gasteiger partial charge in [-0.05, 0) is 6.92 Å². The molecule has 1 rings (SSSR count). The third kappa shape index (κ3) is 3.00. The molecule has 1 heterocycles. The summed E-state index contributed by atoms with van der Waals surface area (Å²) in [4.78, 5) is 23.7. The molecule has 0 fully saturated rings. The lowest BCUT2D eigenvalue weighted by Crippen LogP contribution is -2.40. The van der Waals surface area contributed by atoms with Crippen LogP contribution in [0, 0.1) is 0 Å². The molecule has 0 saturated carbocycles. The fourth-order valence-corrected chi connectivity index (χ4v) is 1.16. The second-order valence-electron chi connectivity index (χ2n) is 3.59. The van der Waals surface area contributed by atoms with Gasteiger partial charge in [-0.2, -0.15) is 0 Å². The van der Waals surface area contributed by atoms with Crippen LogP contribution in [-0.2, 0) is 11.3 Å². The van der Waals surface area contributed by atoms with Crippen LogP contribution in [0.25, 0.3) is 0 Å². The number of carboxylic acids is 1. The molecule has 8 nitrogen and oxygen atoms in total. The topological polar surface area (TPSA) is 114 Å². The quantitative estimate of drug-likeness (QED) is 0.668. The van der Waals surface area contributed by atoms with Crippen molar-refractivity contribution in [3.63, 3.8) is 0 Å². The minimum absolute atomic E-state index is 0.106. The van der Waals surface area contributed by atoms with E-state index in [4.69, 9.17) is 10.8 Å². The molecule has 0 saturated heterocycles. The Kier molecular flexibility index (Phi) is 4.16. The lowest BCUT2D eigenvalue weighted by molar-refractivity contribution is -0.141.